The number of nitrogens with one attached hydrogen (secondary N) is 2. The molecule has 1 aromatic carbocycles. The molecule has 1 unspecified atom stereocenters. The normalized spacial score (nSPS) is 24.9. The monoisotopic (exact) mass is 575 g/mol. The molecule has 0 spiro atoms. The number of aromatic nitrogens is 3. The van der Waals surface area contributed by atoms with Crippen molar-refractivity contribution in [2.45, 2.75) is 57.0 Å². The summed E-state index contributed by atoms with van der Waals surface area (Å²) in [7, 11) is -4.38. The van der Waals surface area contributed by atoms with Crippen LogP contribution < -0.4 is 20.9 Å². The highest BCUT2D eigenvalue weighted by Gasteiger charge is 2.56. The van der Waals surface area contributed by atoms with Crippen LogP contribution in [0.15, 0.2) is 47.4 Å². The second-order valence-electron chi connectivity index (χ2n) is 9.40. The number of hydrogen-bond acceptors (Lipinski definition) is 11. The van der Waals surface area contributed by atoms with E-state index in [0.717, 1.165) is 0 Å². The Labute approximate surface area is 229 Å². The highest BCUT2D eigenvalue weighted by atomic mass is 31.2. The summed E-state index contributed by atoms with van der Waals surface area (Å²) < 4.78 is 37.4. The van der Waals surface area contributed by atoms with Gasteiger partial charge in [0.15, 0.2) is 17.5 Å². The van der Waals surface area contributed by atoms with Crippen molar-refractivity contribution in [3.8, 4) is 18.1 Å². The van der Waals surface area contributed by atoms with Crippen LogP contribution in [-0.2, 0) is 23.4 Å². The van der Waals surface area contributed by atoms with E-state index >= 15 is 0 Å². The number of anilines is 1. The van der Waals surface area contributed by atoms with Gasteiger partial charge in [0.2, 0.25) is 5.95 Å². The topological polar surface area (TPSA) is 200 Å². The first-order chi connectivity index (χ1) is 18.9. The number of rotatable bonds is 10. The molecular weight excluding hydrogens is 545 g/mol. The van der Waals surface area contributed by atoms with E-state index < -0.39 is 62.1 Å². The summed E-state index contributed by atoms with van der Waals surface area (Å²) in [6.45, 7) is 3.99. The summed E-state index contributed by atoms with van der Waals surface area (Å²) >= 11 is 0. The molecule has 2 aromatic heterocycles. The van der Waals surface area contributed by atoms with Gasteiger partial charge in [0.1, 0.15) is 30.6 Å². The van der Waals surface area contributed by atoms with Crippen LogP contribution >= 0.6 is 7.75 Å². The third-order valence-corrected chi connectivity index (χ3v) is 7.64. The summed E-state index contributed by atoms with van der Waals surface area (Å²) in [5.74, 6) is 1.54. The van der Waals surface area contributed by atoms with Crippen molar-refractivity contribution < 1.29 is 38.1 Å². The Morgan fingerprint density at radius 1 is 1.32 bits per heavy atom. The lowest BCUT2D eigenvalue weighted by Gasteiger charge is -2.29. The maximum absolute atomic E-state index is 13.8. The van der Waals surface area contributed by atoms with Crippen LogP contribution in [0.25, 0.3) is 11.0 Å². The molecule has 0 radical (unpaired) electrons. The number of carbonyl (C=O) groups is 1. The van der Waals surface area contributed by atoms with Crippen molar-refractivity contribution in [2.24, 2.45) is 0 Å². The smallest absolute Gasteiger partial charge is 0.459 e. The highest BCUT2D eigenvalue weighted by Crippen LogP contribution is 2.48. The summed E-state index contributed by atoms with van der Waals surface area (Å²) in [5, 5.41) is 24.5. The van der Waals surface area contributed by atoms with Gasteiger partial charge >= 0.3 is 13.7 Å². The zero-order chi connectivity index (χ0) is 29.2. The fourth-order valence-electron chi connectivity index (χ4n) is 4.07. The lowest BCUT2D eigenvalue weighted by Crippen LogP contribution is -2.46. The Kier molecular flexibility index (Phi) is 8.36. The van der Waals surface area contributed by atoms with E-state index in [1.807, 2.05) is 0 Å². The van der Waals surface area contributed by atoms with Crippen molar-refractivity contribution in [3.05, 3.63) is 52.9 Å². The average molecular weight is 576 g/mol. The number of aliphatic hydroxyl groups is 2. The number of terminal acetylenes is 1. The Balaban J connectivity index is 1.61. The minimum atomic E-state index is -4.38. The first-order valence-electron chi connectivity index (χ1n) is 12.2. The summed E-state index contributed by atoms with van der Waals surface area (Å²) in [4.78, 5) is 31.1. The fourth-order valence-corrected chi connectivity index (χ4v) is 5.59. The molecular formula is C25H30N5O9P. The molecule has 214 valence electrons. The SMILES string of the molecule is C#C[C@]1(CO[P@@](=O)(N[C@@H](C)C(=O)OC(C)C)Oc2ccccc2)O[C@@H](n2ccc3c(=O)[nH]c(N)nc32)C(O)[C@H]1O. The van der Waals surface area contributed by atoms with E-state index in [-0.39, 0.29) is 22.7 Å². The molecule has 0 saturated carbocycles. The van der Waals surface area contributed by atoms with Crippen LogP contribution in [0.1, 0.15) is 27.0 Å². The Bertz CT molecular complexity index is 1520. The molecule has 0 aliphatic carbocycles. The van der Waals surface area contributed by atoms with Gasteiger partial charge in [-0.3, -0.25) is 19.1 Å². The first kappa shape index (κ1) is 29.3. The molecule has 15 heteroatoms. The van der Waals surface area contributed by atoms with Gasteiger partial charge < -0.3 is 34.5 Å². The van der Waals surface area contributed by atoms with Gasteiger partial charge in [-0.05, 0) is 39.0 Å². The van der Waals surface area contributed by atoms with E-state index in [0.29, 0.717) is 0 Å². The van der Waals surface area contributed by atoms with Gasteiger partial charge in [-0.1, -0.05) is 24.1 Å². The number of para-hydroxylation sites is 1. The van der Waals surface area contributed by atoms with E-state index in [4.69, 9.17) is 30.7 Å². The van der Waals surface area contributed by atoms with Gasteiger partial charge in [0.05, 0.1) is 11.5 Å². The zero-order valence-electron chi connectivity index (χ0n) is 21.9. The molecule has 6 atom stereocenters. The lowest BCUT2D eigenvalue weighted by molar-refractivity contribution is -0.149. The fraction of sp³-hybridized carbons (Fsp3) is 0.400. The Hall–Kier alpha value is -3.70. The Morgan fingerprint density at radius 3 is 2.67 bits per heavy atom. The quantitative estimate of drug-likeness (QED) is 0.131. The molecule has 3 aromatic rings. The molecule has 1 fully saturated rings. The summed E-state index contributed by atoms with van der Waals surface area (Å²) in [6, 6.07) is 8.32. The number of hydrogen-bond donors (Lipinski definition) is 5. The van der Waals surface area contributed by atoms with Gasteiger partial charge in [-0.2, -0.15) is 10.1 Å². The maximum atomic E-state index is 13.8. The number of H-pyrrole nitrogens is 1. The molecule has 14 nitrogen and oxygen atoms in total. The lowest BCUT2D eigenvalue weighted by atomic mass is 9.97. The molecule has 1 aliphatic rings. The van der Waals surface area contributed by atoms with E-state index in [1.165, 1.54) is 35.9 Å². The molecule has 1 aliphatic heterocycles. The van der Waals surface area contributed by atoms with Crippen LogP contribution in [0.4, 0.5) is 5.95 Å². The predicted molar refractivity (Wildman–Crippen MR) is 143 cm³/mol. The maximum Gasteiger partial charge on any atom is 0.459 e. The number of carbonyl (C=O) groups excluding carboxylic acids is 1. The Morgan fingerprint density at radius 2 is 2.02 bits per heavy atom. The largest absolute Gasteiger partial charge is 0.462 e. The van der Waals surface area contributed by atoms with Crippen LogP contribution in [0.3, 0.4) is 0 Å². The molecule has 4 rings (SSSR count). The molecule has 40 heavy (non-hydrogen) atoms. The zero-order valence-corrected chi connectivity index (χ0v) is 22.8. The number of ether oxygens (including phenoxy) is 2. The number of nitrogens with two attached hydrogens (primary N) is 1. The van der Waals surface area contributed by atoms with Gasteiger partial charge in [-0.15, -0.1) is 6.42 Å². The number of nitrogens with zero attached hydrogens (tertiary/aromatic N) is 2. The number of fused-ring (bicyclic) bond motifs is 1. The van der Waals surface area contributed by atoms with Crippen molar-refractivity contribution in [3.63, 3.8) is 0 Å². The molecule has 3 heterocycles. The third kappa shape index (κ3) is 5.90. The van der Waals surface area contributed by atoms with Crippen molar-refractivity contribution in [1.82, 2.24) is 19.6 Å². The minimum absolute atomic E-state index is 0.0727. The van der Waals surface area contributed by atoms with E-state index in [9.17, 15) is 24.4 Å². The van der Waals surface area contributed by atoms with Crippen LogP contribution in [0.2, 0.25) is 0 Å². The second-order valence-corrected chi connectivity index (χ2v) is 11.1. The number of benzene rings is 1. The number of esters is 1. The standard InChI is InChI=1S/C25H30N5O9P/c1-5-25(19(32)18(31)22(38-25)30-12-11-17-20(30)27-24(26)28-21(17)33)13-36-40(35,39-16-9-7-6-8-10-16)29-15(4)23(34)37-14(2)3/h1,6-12,14-15,18-19,22,31-32H,13H2,2-4H3,(H,29,35)(H3,26,27,28,33)/t15-,18?,19+,22+,25+,40-/m0/s1. The highest BCUT2D eigenvalue weighted by molar-refractivity contribution is 7.52. The van der Waals surface area contributed by atoms with Crippen LogP contribution in [0.5, 0.6) is 5.75 Å². The van der Waals surface area contributed by atoms with Crippen molar-refractivity contribution >= 4 is 30.7 Å². The molecule has 0 amide bonds. The van der Waals surface area contributed by atoms with Crippen LogP contribution in [-0.4, -0.2) is 67.3 Å². The second kappa shape index (κ2) is 11.4. The summed E-state index contributed by atoms with van der Waals surface area (Å²) in [6.07, 6.45) is 2.02. The predicted octanol–water partition coefficient (Wildman–Crippen LogP) is 1.06. The van der Waals surface area contributed by atoms with Gasteiger partial charge in [0.25, 0.3) is 5.56 Å². The summed E-state index contributed by atoms with van der Waals surface area (Å²) in [5.41, 5.74) is 3.19. The number of nitrogen functional groups attached to an aromatic ring is 1. The van der Waals surface area contributed by atoms with Crippen LogP contribution in [0, 0.1) is 12.3 Å². The molecule has 1 saturated heterocycles. The molecule has 0 bridgehead atoms. The van der Waals surface area contributed by atoms with Gasteiger partial charge in [-0.25, -0.2) is 4.57 Å². The third-order valence-electron chi connectivity index (χ3n) is 6.02. The van der Waals surface area contributed by atoms with Crippen molar-refractivity contribution in [1.29, 1.82) is 0 Å². The first-order valence-corrected chi connectivity index (χ1v) is 13.8. The average Bonchev–Trinajstić information content (AvgIpc) is 3.42. The van der Waals surface area contributed by atoms with Crippen molar-refractivity contribution in [2.75, 3.05) is 12.3 Å². The minimum Gasteiger partial charge on any atom is -0.462 e. The number of aliphatic hydroxyl groups excluding tert-OH is 2. The van der Waals surface area contributed by atoms with E-state index in [1.54, 1.807) is 32.0 Å². The van der Waals surface area contributed by atoms with E-state index in [2.05, 4.69) is 21.0 Å². The van der Waals surface area contributed by atoms with Gasteiger partial charge in [0, 0.05) is 6.20 Å². The molecule has 6 N–H and O–H groups in total. The number of aromatic amines is 1.